The summed E-state index contributed by atoms with van der Waals surface area (Å²) in [4.78, 5) is 18.4. The maximum atomic E-state index is 11.3. The first-order valence-electron chi connectivity index (χ1n) is 5.11. The average Bonchev–Trinajstić information content (AvgIpc) is 2.77. The standard InChI is InChI=1S/C10H14N2O2S2/c1-7-6-12(3-4-15-7)10-11-5-8(16-10)9(13)14-2/h5,7H,3-4,6H2,1-2H3. The number of methoxy groups -OCH3 is 1. The third-order valence-corrected chi connectivity index (χ3v) is 4.57. The molecule has 1 aliphatic rings. The maximum Gasteiger partial charge on any atom is 0.349 e. The third kappa shape index (κ3) is 2.49. The zero-order valence-corrected chi connectivity index (χ0v) is 10.9. The van der Waals surface area contributed by atoms with Crippen molar-refractivity contribution in [1.82, 2.24) is 4.98 Å². The van der Waals surface area contributed by atoms with Gasteiger partial charge in [-0.15, -0.1) is 0 Å². The van der Waals surface area contributed by atoms with E-state index in [1.54, 1.807) is 6.20 Å². The molecule has 0 aliphatic carbocycles. The molecule has 1 aromatic rings. The summed E-state index contributed by atoms with van der Waals surface area (Å²) in [6.45, 7) is 4.22. The first kappa shape index (κ1) is 11.7. The molecule has 1 atom stereocenters. The molecule has 0 bridgehead atoms. The minimum absolute atomic E-state index is 0.303. The van der Waals surface area contributed by atoms with Gasteiger partial charge in [-0.2, -0.15) is 11.8 Å². The van der Waals surface area contributed by atoms with E-state index < -0.39 is 0 Å². The molecular weight excluding hydrogens is 244 g/mol. The van der Waals surface area contributed by atoms with E-state index in [1.165, 1.54) is 18.4 Å². The quantitative estimate of drug-likeness (QED) is 0.758. The van der Waals surface area contributed by atoms with Crippen LogP contribution in [0.5, 0.6) is 0 Å². The number of anilines is 1. The van der Waals surface area contributed by atoms with Gasteiger partial charge in [0.05, 0.1) is 13.3 Å². The molecule has 0 N–H and O–H groups in total. The van der Waals surface area contributed by atoms with Gasteiger partial charge in [0, 0.05) is 24.1 Å². The second kappa shape index (κ2) is 5.05. The lowest BCUT2D eigenvalue weighted by Gasteiger charge is -2.30. The van der Waals surface area contributed by atoms with Gasteiger partial charge in [-0.25, -0.2) is 9.78 Å². The van der Waals surface area contributed by atoms with Gasteiger partial charge >= 0.3 is 5.97 Å². The lowest BCUT2D eigenvalue weighted by Crippen LogP contribution is -2.36. The van der Waals surface area contributed by atoms with Crippen molar-refractivity contribution in [3.63, 3.8) is 0 Å². The highest BCUT2D eigenvalue weighted by molar-refractivity contribution is 8.00. The van der Waals surface area contributed by atoms with E-state index in [4.69, 9.17) is 0 Å². The van der Waals surface area contributed by atoms with Crippen LogP contribution in [0.3, 0.4) is 0 Å². The van der Waals surface area contributed by atoms with Crippen LogP contribution in [0.2, 0.25) is 0 Å². The predicted molar refractivity (Wildman–Crippen MR) is 67.6 cm³/mol. The minimum atomic E-state index is -0.303. The topological polar surface area (TPSA) is 42.4 Å². The molecule has 1 aliphatic heterocycles. The van der Waals surface area contributed by atoms with Crippen LogP contribution in [-0.2, 0) is 4.74 Å². The van der Waals surface area contributed by atoms with Gasteiger partial charge in [-0.05, 0) is 0 Å². The van der Waals surface area contributed by atoms with Gasteiger partial charge in [0.2, 0.25) is 0 Å². The first-order valence-corrected chi connectivity index (χ1v) is 6.98. The molecule has 16 heavy (non-hydrogen) atoms. The number of nitrogens with zero attached hydrogens (tertiary/aromatic N) is 2. The van der Waals surface area contributed by atoms with Gasteiger partial charge in [-0.3, -0.25) is 0 Å². The SMILES string of the molecule is COC(=O)c1cnc(N2CCSC(C)C2)s1. The van der Waals surface area contributed by atoms with Crippen molar-refractivity contribution >= 4 is 34.2 Å². The maximum absolute atomic E-state index is 11.3. The highest BCUT2D eigenvalue weighted by Crippen LogP contribution is 2.27. The second-order valence-electron chi connectivity index (χ2n) is 3.63. The summed E-state index contributed by atoms with van der Waals surface area (Å²) in [5.41, 5.74) is 0. The summed E-state index contributed by atoms with van der Waals surface area (Å²) in [5.74, 6) is 0.817. The van der Waals surface area contributed by atoms with Crippen molar-refractivity contribution in [3.05, 3.63) is 11.1 Å². The fourth-order valence-corrected chi connectivity index (χ4v) is 3.48. The molecule has 0 radical (unpaired) electrons. The molecule has 0 amide bonds. The fraction of sp³-hybridized carbons (Fsp3) is 0.600. The number of thioether (sulfide) groups is 1. The number of rotatable bonds is 2. The van der Waals surface area contributed by atoms with E-state index >= 15 is 0 Å². The molecule has 2 rings (SSSR count). The van der Waals surface area contributed by atoms with Gasteiger partial charge in [0.15, 0.2) is 5.13 Å². The van der Waals surface area contributed by atoms with Crippen molar-refractivity contribution in [2.45, 2.75) is 12.2 Å². The summed E-state index contributed by atoms with van der Waals surface area (Å²) in [7, 11) is 1.39. The summed E-state index contributed by atoms with van der Waals surface area (Å²) in [5, 5.41) is 1.55. The Morgan fingerprint density at radius 2 is 2.50 bits per heavy atom. The van der Waals surface area contributed by atoms with Gasteiger partial charge in [0.25, 0.3) is 0 Å². The molecule has 6 heteroatoms. The number of hydrogen-bond acceptors (Lipinski definition) is 6. The van der Waals surface area contributed by atoms with Gasteiger partial charge < -0.3 is 9.64 Å². The average molecular weight is 258 g/mol. The number of hydrogen-bond donors (Lipinski definition) is 0. The van der Waals surface area contributed by atoms with Crippen LogP contribution in [-0.4, -0.2) is 42.2 Å². The molecule has 1 unspecified atom stereocenters. The Bertz CT molecular complexity index is 381. The number of esters is 1. The Morgan fingerprint density at radius 3 is 3.19 bits per heavy atom. The Labute approximate surface area is 103 Å². The largest absolute Gasteiger partial charge is 0.465 e. The van der Waals surface area contributed by atoms with E-state index in [-0.39, 0.29) is 5.97 Å². The summed E-state index contributed by atoms with van der Waals surface area (Å²) in [6.07, 6.45) is 1.60. The van der Waals surface area contributed by atoms with Crippen LogP contribution >= 0.6 is 23.1 Å². The Morgan fingerprint density at radius 1 is 1.69 bits per heavy atom. The third-order valence-electron chi connectivity index (χ3n) is 2.39. The monoisotopic (exact) mass is 258 g/mol. The Kier molecular flexibility index (Phi) is 3.70. The van der Waals surface area contributed by atoms with Crippen LogP contribution in [0.25, 0.3) is 0 Å². The zero-order valence-electron chi connectivity index (χ0n) is 9.30. The van der Waals surface area contributed by atoms with E-state index in [0.29, 0.717) is 10.1 Å². The molecule has 0 spiro atoms. The second-order valence-corrected chi connectivity index (χ2v) is 6.18. The zero-order chi connectivity index (χ0) is 11.5. The normalized spacial score (nSPS) is 20.9. The van der Waals surface area contributed by atoms with Gasteiger partial charge in [0.1, 0.15) is 4.88 Å². The number of aromatic nitrogens is 1. The molecule has 1 aromatic heterocycles. The molecule has 0 saturated carbocycles. The molecule has 88 valence electrons. The Balaban J connectivity index is 2.09. The van der Waals surface area contributed by atoms with Crippen molar-refractivity contribution in [3.8, 4) is 0 Å². The molecule has 0 aromatic carbocycles. The van der Waals surface area contributed by atoms with E-state index in [9.17, 15) is 4.79 Å². The van der Waals surface area contributed by atoms with E-state index in [1.807, 2.05) is 11.8 Å². The first-order chi connectivity index (χ1) is 7.70. The molecule has 2 heterocycles. The Hall–Kier alpha value is -0.750. The molecule has 1 saturated heterocycles. The van der Waals surface area contributed by atoms with Crippen LogP contribution in [0.4, 0.5) is 5.13 Å². The lowest BCUT2D eigenvalue weighted by molar-refractivity contribution is 0.0606. The van der Waals surface area contributed by atoms with Crippen molar-refractivity contribution < 1.29 is 9.53 Å². The van der Waals surface area contributed by atoms with Gasteiger partial charge in [-0.1, -0.05) is 18.3 Å². The highest BCUT2D eigenvalue weighted by Gasteiger charge is 2.20. The van der Waals surface area contributed by atoms with Crippen molar-refractivity contribution in [2.75, 3.05) is 30.9 Å². The molecule has 1 fully saturated rings. The van der Waals surface area contributed by atoms with Crippen molar-refractivity contribution in [2.24, 2.45) is 0 Å². The minimum Gasteiger partial charge on any atom is -0.465 e. The van der Waals surface area contributed by atoms with Crippen LogP contribution < -0.4 is 4.90 Å². The number of ether oxygens (including phenoxy) is 1. The number of carbonyl (C=O) groups excluding carboxylic acids is 1. The fourth-order valence-electron chi connectivity index (χ4n) is 1.60. The van der Waals surface area contributed by atoms with Crippen LogP contribution in [0.15, 0.2) is 6.20 Å². The van der Waals surface area contributed by atoms with E-state index in [2.05, 4.69) is 21.5 Å². The summed E-state index contributed by atoms with van der Waals surface area (Å²) >= 11 is 3.38. The molecular formula is C10H14N2O2S2. The predicted octanol–water partition coefficient (Wildman–Crippen LogP) is 1.87. The number of thiazole rings is 1. The highest BCUT2D eigenvalue weighted by atomic mass is 32.2. The smallest absolute Gasteiger partial charge is 0.349 e. The van der Waals surface area contributed by atoms with E-state index in [0.717, 1.165) is 24.0 Å². The lowest BCUT2D eigenvalue weighted by atomic mass is 10.4. The van der Waals surface area contributed by atoms with Crippen LogP contribution in [0.1, 0.15) is 16.6 Å². The number of carbonyl (C=O) groups is 1. The summed E-state index contributed by atoms with van der Waals surface area (Å²) in [6, 6.07) is 0. The van der Waals surface area contributed by atoms with Crippen LogP contribution in [0, 0.1) is 0 Å². The van der Waals surface area contributed by atoms with Crippen molar-refractivity contribution in [1.29, 1.82) is 0 Å². The summed E-state index contributed by atoms with van der Waals surface area (Å²) < 4.78 is 4.67. The molecule has 4 nitrogen and oxygen atoms in total.